The van der Waals surface area contributed by atoms with Crippen LogP contribution in [0.25, 0.3) is 0 Å². The van der Waals surface area contributed by atoms with Crippen LogP contribution in [-0.2, 0) is 13.5 Å². The highest BCUT2D eigenvalue weighted by atomic mass is 79.9. The molecular formula is C10H14BrN5O. The molecule has 0 saturated carbocycles. The monoisotopic (exact) mass is 299 g/mol. The highest BCUT2D eigenvalue weighted by Crippen LogP contribution is 2.22. The molecule has 0 aliphatic rings. The number of nitrogens with zero attached hydrogens (tertiary/aromatic N) is 4. The van der Waals surface area contributed by atoms with E-state index in [9.17, 15) is 0 Å². The van der Waals surface area contributed by atoms with Gasteiger partial charge < -0.3 is 9.73 Å². The third-order valence-electron chi connectivity index (χ3n) is 2.32. The van der Waals surface area contributed by atoms with E-state index < -0.39 is 0 Å². The predicted molar refractivity (Wildman–Crippen MR) is 65.3 cm³/mol. The largest absolute Gasteiger partial charge is 0.453 e. The van der Waals surface area contributed by atoms with Crippen LogP contribution in [0.4, 0.5) is 0 Å². The highest BCUT2D eigenvalue weighted by Gasteiger charge is 2.17. The maximum atomic E-state index is 5.55. The van der Waals surface area contributed by atoms with Crippen LogP contribution in [-0.4, -0.2) is 26.8 Å². The summed E-state index contributed by atoms with van der Waals surface area (Å²) < 4.78 is 6.27. The number of halogens is 1. The number of hydrogen-bond donors (Lipinski definition) is 1. The third-order valence-corrected chi connectivity index (χ3v) is 2.75. The van der Waals surface area contributed by atoms with Gasteiger partial charge in [0.15, 0.2) is 10.5 Å². The molecule has 1 unspecified atom stereocenters. The smallest absolute Gasteiger partial charge is 0.176 e. The molecule has 2 aromatic heterocycles. The van der Waals surface area contributed by atoms with E-state index in [1.165, 1.54) is 4.80 Å². The van der Waals surface area contributed by atoms with Crippen molar-refractivity contribution in [1.82, 2.24) is 25.5 Å². The van der Waals surface area contributed by atoms with Crippen molar-refractivity contribution in [2.45, 2.75) is 19.4 Å². The second kappa shape index (κ2) is 5.42. The maximum Gasteiger partial charge on any atom is 0.176 e. The summed E-state index contributed by atoms with van der Waals surface area (Å²) in [6.45, 7) is 2.90. The molecule has 0 bridgehead atoms. The molecule has 2 rings (SSSR count). The quantitative estimate of drug-likeness (QED) is 0.905. The van der Waals surface area contributed by atoms with E-state index in [2.05, 4.69) is 43.6 Å². The summed E-state index contributed by atoms with van der Waals surface area (Å²) in [5, 5.41) is 15.3. The topological polar surface area (TPSA) is 68.8 Å². The SMILES string of the molecule is CCNC(Cc1nnn(C)n1)c1ccc(Br)o1. The molecule has 0 aliphatic heterocycles. The molecule has 0 aromatic carbocycles. The van der Waals surface area contributed by atoms with Gasteiger partial charge in [-0.3, -0.25) is 0 Å². The molecule has 6 nitrogen and oxygen atoms in total. The normalized spacial score (nSPS) is 12.9. The molecular weight excluding hydrogens is 286 g/mol. The van der Waals surface area contributed by atoms with E-state index in [-0.39, 0.29) is 6.04 Å². The lowest BCUT2D eigenvalue weighted by Gasteiger charge is -2.12. The molecule has 1 atom stereocenters. The van der Waals surface area contributed by atoms with Gasteiger partial charge in [-0.2, -0.15) is 4.80 Å². The Labute approximate surface area is 108 Å². The summed E-state index contributed by atoms with van der Waals surface area (Å²) >= 11 is 3.30. The van der Waals surface area contributed by atoms with Crippen LogP contribution < -0.4 is 5.32 Å². The van der Waals surface area contributed by atoms with Crippen LogP contribution in [0, 0.1) is 0 Å². The number of aryl methyl sites for hydroxylation is 1. The lowest BCUT2D eigenvalue weighted by molar-refractivity contribution is 0.401. The molecule has 1 N–H and O–H groups in total. The summed E-state index contributed by atoms with van der Waals surface area (Å²) in [6, 6.07) is 3.88. The summed E-state index contributed by atoms with van der Waals surface area (Å²) in [5.41, 5.74) is 0. The molecule has 92 valence electrons. The number of furan rings is 1. The first-order valence-electron chi connectivity index (χ1n) is 5.40. The standard InChI is InChI=1S/C10H14BrN5O/c1-3-12-7(8-4-5-9(11)17-8)6-10-13-15-16(2)14-10/h4-5,7,12H,3,6H2,1-2H3. The molecule has 0 aliphatic carbocycles. The van der Waals surface area contributed by atoms with Gasteiger partial charge in [-0.1, -0.05) is 6.92 Å². The Balaban J connectivity index is 2.12. The van der Waals surface area contributed by atoms with E-state index in [0.717, 1.165) is 17.0 Å². The van der Waals surface area contributed by atoms with Crippen LogP contribution in [0.3, 0.4) is 0 Å². The number of aromatic nitrogens is 4. The Morgan fingerprint density at radius 1 is 1.53 bits per heavy atom. The molecule has 0 radical (unpaired) electrons. The van der Waals surface area contributed by atoms with Crippen molar-refractivity contribution >= 4 is 15.9 Å². The Hall–Kier alpha value is -1.21. The van der Waals surface area contributed by atoms with E-state index in [1.807, 2.05) is 12.1 Å². The molecule has 0 saturated heterocycles. The van der Waals surface area contributed by atoms with E-state index in [1.54, 1.807) is 7.05 Å². The second-order valence-corrected chi connectivity index (χ2v) is 4.43. The maximum absolute atomic E-state index is 5.55. The van der Waals surface area contributed by atoms with Crippen LogP contribution in [0.2, 0.25) is 0 Å². The lowest BCUT2D eigenvalue weighted by atomic mass is 10.1. The van der Waals surface area contributed by atoms with Gasteiger partial charge in [-0.05, 0) is 39.8 Å². The summed E-state index contributed by atoms with van der Waals surface area (Å²) in [6.07, 6.45) is 0.654. The first kappa shape index (κ1) is 12.3. The van der Waals surface area contributed by atoms with Gasteiger partial charge in [-0.25, -0.2) is 0 Å². The molecule has 7 heteroatoms. The van der Waals surface area contributed by atoms with Crippen molar-refractivity contribution in [3.05, 3.63) is 28.4 Å². The number of hydrogen-bond acceptors (Lipinski definition) is 5. The molecule has 0 fully saturated rings. The fourth-order valence-corrected chi connectivity index (χ4v) is 1.94. The molecule has 17 heavy (non-hydrogen) atoms. The lowest BCUT2D eigenvalue weighted by Crippen LogP contribution is -2.23. The second-order valence-electron chi connectivity index (χ2n) is 3.65. The highest BCUT2D eigenvalue weighted by molar-refractivity contribution is 9.10. The predicted octanol–water partition coefficient (Wildman–Crippen LogP) is 1.46. The number of nitrogens with one attached hydrogen (secondary N) is 1. The Morgan fingerprint density at radius 2 is 2.35 bits per heavy atom. The summed E-state index contributed by atoms with van der Waals surface area (Å²) in [5.74, 6) is 1.57. The van der Waals surface area contributed by atoms with Crippen molar-refractivity contribution < 1.29 is 4.42 Å². The van der Waals surface area contributed by atoms with E-state index in [0.29, 0.717) is 12.2 Å². The summed E-state index contributed by atoms with van der Waals surface area (Å²) in [4.78, 5) is 1.45. The van der Waals surface area contributed by atoms with Crippen LogP contribution >= 0.6 is 15.9 Å². The zero-order chi connectivity index (χ0) is 12.3. The Bertz CT molecular complexity index is 481. The van der Waals surface area contributed by atoms with Gasteiger partial charge >= 0.3 is 0 Å². The Morgan fingerprint density at radius 3 is 2.88 bits per heavy atom. The average Bonchev–Trinajstić information content (AvgIpc) is 2.87. The number of rotatable bonds is 5. The van der Waals surface area contributed by atoms with Crippen LogP contribution in [0.5, 0.6) is 0 Å². The van der Waals surface area contributed by atoms with Gasteiger partial charge in [0.05, 0.1) is 13.1 Å². The van der Waals surface area contributed by atoms with Crippen molar-refractivity contribution in [2.24, 2.45) is 7.05 Å². The van der Waals surface area contributed by atoms with Gasteiger partial charge in [-0.15, -0.1) is 10.2 Å². The molecule has 2 aromatic rings. The third kappa shape index (κ3) is 3.13. The van der Waals surface area contributed by atoms with E-state index in [4.69, 9.17) is 4.42 Å². The minimum atomic E-state index is 0.0653. The van der Waals surface area contributed by atoms with Gasteiger partial charge in [0.25, 0.3) is 0 Å². The number of likely N-dealkylation sites (N-methyl/N-ethyl adjacent to an activating group) is 1. The van der Waals surface area contributed by atoms with Gasteiger partial charge in [0.2, 0.25) is 0 Å². The molecule has 0 spiro atoms. The van der Waals surface area contributed by atoms with E-state index >= 15 is 0 Å². The summed E-state index contributed by atoms with van der Waals surface area (Å²) in [7, 11) is 1.75. The van der Waals surface area contributed by atoms with Gasteiger partial charge in [0, 0.05) is 6.42 Å². The average molecular weight is 300 g/mol. The van der Waals surface area contributed by atoms with Crippen LogP contribution in [0.1, 0.15) is 24.6 Å². The van der Waals surface area contributed by atoms with Crippen molar-refractivity contribution in [1.29, 1.82) is 0 Å². The van der Waals surface area contributed by atoms with Crippen LogP contribution in [0.15, 0.2) is 21.2 Å². The zero-order valence-electron chi connectivity index (χ0n) is 9.72. The molecule has 0 amide bonds. The molecule has 2 heterocycles. The zero-order valence-corrected chi connectivity index (χ0v) is 11.3. The Kier molecular flexibility index (Phi) is 3.90. The first-order valence-corrected chi connectivity index (χ1v) is 6.20. The fraction of sp³-hybridized carbons (Fsp3) is 0.500. The van der Waals surface area contributed by atoms with Crippen molar-refractivity contribution in [2.75, 3.05) is 6.54 Å². The fourth-order valence-electron chi connectivity index (χ4n) is 1.62. The minimum absolute atomic E-state index is 0.0653. The number of tetrazole rings is 1. The van der Waals surface area contributed by atoms with Crippen molar-refractivity contribution in [3.63, 3.8) is 0 Å². The first-order chi connectivity index (χ1) is 8.19. The minimum Gasteiger partial charge on any atom is -0.453 e. The van der Waals surface area contributed by atoms with Crippen molar-refractivity contribution in [3.8, 4) is 0 Å². The van der Waals surface area contributed by atoms with Gasteiger partial charge in [0.1, 0.15) is 5.76 Å².